The number of Topliss-reactive ketones (excluding diaryl/α,β-unsaturated/α-hetero) is 1. The summed E-state index contributed by atoms with van der Waals surface area (Å²) in [5, 5.41) is 4.48. The van der Waals surface area contributed by atoms with Gasteiger partial charge in [0.05, 0.1) is 16.5 Å². The van der Waals surface area contributed by atoms with Crippen LogP contribution in [0.25, 0.3) is 0 Å². The molecule has 0 saturated carbocycles. The Morgan fingerprint density at radius 3 is 2.33 bits per heavy atom. The highest BCUT2D eigenvalue weighted by Gasteiger charge is 2.30. The van der Waals surface area contributed by atoms with Crippen LogP contribution in [-0.4, -0.2) is 11.7 Å². The van der Waals surface area contributed by atoms with Gasteiger partial charge in [-0.2, -0.15) is 13.2 Å². The average molecular weight is 355 g/mol. The van der Waals surface area contributed by atoms with E-state index in [0.717, 1.165) is 12.1 Å². The molecule has 0 fully saturated rings. The molecule has 0 aliphatic rings. The van der Waals surface area contributed by atoms with Crippen LogP contribution in [0.5, 0.6) is 0 Å². The molecule has 0 bridgehead atoms. The predicted octanol–water partition coefficient (Wildman–Crippen LogP) is 4.61. The van der Waals surface area contributed by atoms with E-state index in [4.69, 9.17) is 0 Å². The van der Waals surface area contributed by atoms with Gasteiger partial charge in [-0.25, -0.2) is 0 Å². The molecule has 24 heavy (non-hydrogen) atoms. The Kier molecular flexibility index (Phi) is 5.77. The Morgan fingerprint density at radius 1 is 1.12 bits per heavy atom. The van der Waals surface area contributed by atoms with E-state index in [2.05, 4.69) is 5.32 Å². The molecular formula is C17H16F3NO2S. The van der Waals surface area contributed by atoms with Crippen LogP contribution in [0.2, 0.25) is 0 Å². The zero-order valence-electron chi connectivity index (χ0n) is 12.9. The third-order valence-corrected chi connectivity index (χ3v) is 4.40. The van der Waals surface area contributed by atoms with Crippen LogP contribution in [0.15, 0.2) is 41.8 Å². The number of carbonyl (C=O) groups is 2. The highest BCUT2D eigenvalue weighted by Crippen LogP contribution is 2.29. The lowest BCUT2D eigenvalue weighted by Crippen LogP contribution is -2.27. The van der Waals surface area contributed by atoms with E-state index in [1.807, 2.05) is 0 Å². The fourth-order valence-corrected chi connectivity index (χ4v) is 2.84. The topological polar surface area (TPSA) is 46.2 Å². The van der Waals surface area contributed by atoms with Crippen molar-refractivity contribution in [3.05, 3.63) is 57.8 Å². The van der Waals surface area contributed by atoms with Crippen LogP contribution in [0.4, 0.5) is 13.2 Å². The second kappa shape index (κ2) is 7.61. The number of ketones is 1. The van der Waals surface area contributed by atoms with Crippen molar-refractivity contribution in [3.63, 3.8) is 0 Å². The van der Waals surface area contributed by atoms with Gasteiger partial charge in [-0.15, -0.1) is 11.3 Å². The number of amides is 1. The average Bonchev–Trinajstić information content (AvgIpc) is 3.06. The monoisotopic (exact) mass is 355 g/mol. The Bertz CT molecular complexity index is 694. The van der Waals surface area contributed by atoms with E-state index in [1.165, 1.54) is 23.5 Å². The first kappa shape index (κ1) is 18.2. The van der Waals surface area contributed by atoms with Crippen LogP contribution in [0, 0.1) is 0 Å². The van der Waals surface area contributed by atoms with Crippen molar-refractivity contribution < 1.29 is 22.8 Å². The fourth-order valence-electron chi connectivity index (χ4n) is 2.15. The molecule has 2 aromatic rings. The Hall–Kier alpha value is -2.15. The first-order valence-electron chi connectivity index (χ1n) is 7.30. The quantitative estimate of drug-likeness (QED) is 0.770. The van der Waals surface area contributed by atoms with Gasteiger partial charge in [0.2, 0.25) is 5.91 Å². The minimum absolute atomic E-state index is 0.0434. The fraction of sp³-hybridized carbons (Fsp3) is 0.294. The highest BCUT2D eigenvalue weighted by atomic mass is 32.1. The molecule has 0 unspecified atom stereocenters. The van der Waals surface area contributed by atoms with Crippen LogP contribution < -0.4 is 5.32 Å². The lowest BCUT2D eigenvalue weighted by atomic mass is 10.1. The number of thiophene rings is 1. The maximum atomic E-state index is 12.5. The van der Waals surface area contributed by atoms with Crippen molar-refractivity contribution >= 4 is 23.0 Å². The van der Waals surface area contributed by atoms with E-state index in [0.29, 0.717) is 10.4 Å². The molecule has 0 saturated heterocycles. The number of rotatable bonds is 6. The molecular weight excluding hydrogens is 339 g/mol. The molecule has 3 nitrogen and oxygen atoms in total. The summed E-state index contributed by atoms with van der Waals surface area (Å²) in [5.41, 5.74) is -0.160. The van der Waals surface area contributed by atoms with E-state index in [-0.39, 0.29) is 24.5 Å². The van der Waals surface area contributed by atoms with E-state index < -0.39 is 17.8 Å². The van der Waals surface area contributed by atoms with Gasteiger partial charge in [0.1, 0.15) is 0 Å². The highest BCUT2D eigenvalue weighted by molar-refractivity contribution is 7.12. The van der Waals surface area contributed by atoms with Gasteiger partial charge < -0.3 is 5.32 Å². The van der Waals surface area contributed by atoms with Gasteiger partial charge in [-0.3, -0.25) is 9.59 Å². The number of hydrogen-bond donors (Lipinski definition) is 1. The van der Waals surface area contributed by atoms with Gasteiger partial charge in [-0.1, -0.05) is 18.2 Å². The Labute approximate surface area is 141 Å². The predicted molar refractivity (Wildman–Crippen MR) is 85.9 cm³/mol. The van der Waals surface area contributed by atoms with Gasteiger partial charge in [-0.05, 0) is 36.1 Å². The lowest BCUT2D eigenvalue weighted by molar-refractivity contribution is -0.137. The maximum Gasteiger partial charge on any atom is 0.416 e. The molecule has 128 valence electrons. The van der Waals surface area contributed by atoms with Crippen LogP contribution >= 0.6 is 11.3 Å². The maximum absolute atomic E-state index is 12.5. The van der Waals surface area contributed by atoms with Crippen molar-refractivity contribution in [1.29, 1.82) is 0 Å². The van der Waals surface area contributed by atoms with Crippen molar-refractivity contribution in [2.75, 3.05) is 0 Å². The summed E-state index contributed by atoms with van der Waals surface area (Å²) >= 11 is 1.32. The van der Waals surface area contributed by atoms with E-state index in [1.54, 1.807) is 24.4 Å². The zero-order valence-corrected chi connectivity index (χ0v) is 13.7. The summed E-state index contributed by atoms with van der Waals surface area (Å²) in [6.45, 7) is 1.68. The van der Waals surface area contributed by atoms with Crippen molar-refractivity contribution in [2.45, 2.75) is 32.0 Å². The van der Waals surface area contributed by atoms with Crippen molar-refractivity contribution in [1.82, 2.24) is 5.32 Å². The number of nitrogens with one attached hydrogen (secondary N) is 1. The zero-order chi connectivity index (χ0) is 17.7. The Balaban J connectivity index is 1.86. The van der Waals surface area contributed by atoms with Crippen molar-refractivity contribution in [2.24, 2.45) is 0 Å². The number of alkyl halides is 3. The SMILES string of the molecule is C[C@H](NC(=O)CCC(=O)c1cccs1)c1ccc(C(F)(F)F)cc1. The summed E-state index contributed by atoms with van der Waals surface area (Å²) in [6, 6.07) is 7.68. The molecule has 1 atom stereocenters. The number of halogens is 3. The third kappa shape index (κ3) is 4.92. The molecule has 0 spiro atoms. The molecule has 0 radical (unpaired) electrons. The standard InChI is InChI=1S/C17H16F3NO2S/c1-11(12-4-6-13(7-5-12)17(18,19)20)21-16(23)9-8-14(22)15-3-2-10-24-15/h2-7,10-11H,8-9H2,1H3,(H,21,23)/t11-/m0/s1. The van der Waals surface area contributed by atoms with Crippen LogP contribution in [0.3, 0.4) is 0 Å². The van der Waals surface area contributed by atoms with Crippen LogP contribution in [0.1, 0.15) is 46.6 Å². The molecule has 0 aliphatic carbocycles. The third-order valence-electron chi connectivity index (χ3n) is 3.49. The summed E-state index contributed by atoms with van der Waals surface area (Å²) < 4.78 is 37.6. The minimum Gasteiger partial charge on any atom is -0.350 e. The smallest absolute Gasteiger partial charge is 0.350 e. The number of carbonyl (C=O) groups excluding carboxylic acids is 2. The summed E-state index contributed by atoms with van der Waals surface area (Å²) in [7, 11) is 0. The minimum atomic E-state index is -4.38. The normalized spacial score (nSPS) is 12.7. The van der Waals surface area contributed by atoms with Crippen molar-refractivity contribution in [3.8, 4) is 0 Å². The van der Waals surface area contributed by atoms with Gasteiger partial charge in [0, 0.05) is 12.8 Å². The molecule has 1 aromatic heterocycles. The number of benzene rings is 1. The molecule has 7 heteroatoms. The van der Waals surface area contributed by atoms with Gasteiger partial charge in [0.25, 0.3) is 0 Å². The van der Waals surface area contributed by atoms with Gasteiger partial charge in [0.15, 0.2) is 5.78 Å². The molecule has 1 heterocycles. The summed E-state index contributed by atoms with van der Waals surface area (Å²) in [6.07, 6.45) is -4.24. The second-order valence-corrected chi connectivity index (χ2v) is 6.26. The first-order chi connectivity index (χ1) is 11.3. The van der Waals surface area contributed by atoms with E-state index >= 15 is 0 Å². The molecule has 0 aliphatic heterocycles. The first-order valence-corrected chi connectivity index (χ1v) is 8.18. The molecule has 1 N–H and O–H groups in total. The summed E-state index contributed by atoms with van der Waals surface area (Å²) in [5.74, 6) is -0.408. The molecule has 1 aromatic carbocycles. The lowest BCUT2D eigenvalue weighted by Gasteiger charge is -2.15. The second-order valence-electron chi connectivity index (χ2n) is 5.31. The summed E-state index contributed by atoms with van der Waals surface area (Å²) in [4.78, 5) is 24.3. The largest absolute Gasteiger partial charge is 0.416 e. The number of hydrogen-bond acceptors (Lipinski definition) is 3. The molecule has 1 amide bonds. The Morgan fingerprint density at radius 2 is 1.79 bits per heavy atom. The van der Waals surface area contributed by atoms with Gasteiger partial charge >= 0.3 is 6.18 Å². The molecule has 2 rings (SSSR count). The van der Waals surface area contributed by atoms with E-state index in [9.17, 15) is 22.8 Å². The van der Waals surface area contributed by atoms with Crippen LogP contribution in [-0.2, 0) is 11.0 Å².